The van der Waals surface area contributed by atoms with Crippen molar-refractivity contribution in [3.05, 3.63) is 58.0 Å². The first-order valence-corrected chi connectivity index (χ1v) is 7.15. The van der Waals surface area contributed by atoms with Gasteiger partial charge in [0.15, 0.2) is 0 Å². The van der Waals surface area contributed by atoms with Gasteiger partial charge in [0.2, 0.25) is 5.56 Å². The van der Waals surface area contributed by atoms with E-state index in [1.165, 1.54) is 18.3 Å². The first kappa shape index (κ1) is 13.4. The minimum atomic E-state index is -3.65. The molecule has 2 N–H and O–H groups in total. The predicted molar refractivity (Wildman–Crippen MR) is 73.8 cm³/mol. The molecule has 100 valence electrons. The number of anilines is 1. The van der Waals surface area contributed by atoms with Crippen LogP contribution in [0.25, 0.3) is 0 Å². The van der Waals surface area contributed by atoms with Crippen LogP contribution in [-0.2, 0) is 10.0 Å². The topological polar surface area (TPSA) is 79.0 Å². The van der Waals surface area contributed by atoms with E-state index in [0.717, 1.165) is 5.56 Å². The van der Waals surface area contributed by atoms with Crippen molar-refractivity contribution < 1.29 is 8.42 Å². The van der Waals surface area contributed by atoms with Gasteiger partial charge in [-0.1, -0.05) is 17.7 Å². The fraction of sp³-hybridized carbons (Fsp3) is 0.154. The van der Waals surface area contributed by atoms with Crippen LogP contribution >= 0.6 is 0 Å². The Morgan fingerprint density at radius 3 is 2.42 bits per heavy atom. The summed E-state index contributed by atoms with van der Waals surface area (Å²) in [4.78, 5) is 13.6. The third-order valence-electron chi connectivity index (χ3n) is 2.66. The average Bonchev–Trinajstić information content (AvgIpc) is 2.31. The summed E-state index contributed by atoms with van der Waals surface area (Å²) in [6.07, 6.45) is 1.32. The van der Waals surface area contributed by atoms with Gasteiger partial charge in [0.1, 0.15) is 0 Å². The molecule has 0 bridgehead atoms. The van der Waals surface area contributed by atoms with Crippen LogP contribution in [0.15, 0.2) is 46.2 Å². The number of aromatic amines is 1. The molecule has 1 heterocycles. The number of hydrogen-bond donors (Lipinski definition) is 2. The molecule has 0 spiro atoms. The molecule has 2 rings (SSSR count). The van der Waals surface area contributed by atoms with E-state index in [9.17, 15) is 13.2 Å². The molecule has 0 aliphatic carbocycles. The Bertz CT molecular complexity index is 743. The number of pyridine rings is 1. The second kappa shape index (κ2) is 4.89. The number of aromatic nitrogens is 1. The smallest absolute Gasteiger partial charge is 0.262 e. The second-order valence-electron chi connectivity index (χ2n) is 4.32. The first-order valence-electron chi connectivity index (χ1n) is 5.67. The Morgan fingerprint density at radius 2 is 1.84 bits per heavy atom. The monoisotopic (exact) mass is 278 g/mol. The summed E-state index contributed by atoms with van der Waals surface area (Å²) in [5, 5.41) is 0. The number of sulfonamides is 1. The maximum Gasteiger partial charge on any atom is 0.262 e. The molecular formula is C13H14N2O3S. The number of rotatable bonds is 3. The molecule has 0 fully saturated rings. The highest BCUT2D eigenvalue weighted by Crippen LogP contribution is 2.19. The number of nitrogens with one attached hydrogen (secondary N) is 2. The summed E-state index contributed by atoms with van der Waals surface area (Å²) in [6.45, 7) is 3.65. The minimum Gasteiger partial charge on any atom is -0.327 e. The van der Waals surface area contributed by atoms with Crippen LogP contribution in [0.1, 0.15) is 11.1 Å². The molecule has 19 heavy (non-hydrogen) atoms. The van der Waals surface area contributed by atoms with Crippen molar-refractivity contribution in [2.75, 3.05) is 4.72 Å². The molecule has 2 aromatic rings. The van der Waals surface area contributed by atoms with E-state index in [-0.39, 0.29) is 10.5 Å². The maximum atomic E-state index is 12.2. The summed E-state index contributed by atoms with van der Waals surface area (Å²) >= 11 is 0. The van der Waals surface area contributed by atoms with Gasteiger partial charge in [-0.3, -0.25) is 9.52 Å². The van der Waals surface area contributed by atoms with Gasteiger partial charge in [0.25, 0.3) is 10.0 Å². The van der Waals surface area contributed by atoms with Crippen molar-refractivity contribution in [2.45, 2.75) is 18.7 Å². The zero-order valence-electron chi connectivity index (χ0n) is 10.6. The highest BCUT2D eigenvalue weighted by molar-refractivity contribution is 7.92. The summed E-state index contributed by atoms with van der Waals surface area (Å²) in [5.41, 5.74) is 1.71. The standard InChI is InChI=1S/C13H14N2O3S/c1-9-3-5-12(10(2)7-9)19(17,18)15-11-4-6-13(16)14-8-11/h3-8,15H,1-2H3,(H,14,16). The van der Waals surface area contributed by atoms with Crippen LogP contribution in [-0.4, -0.2) is 13.4 Å². The number of H-pyrrole nitrogens is 1. The van der Waals surface area contributed by atoms with Crippen molar-refractivity contribution in [2.24, 2.45) is 0 Å². The van der Waals surface area contributed by atoms with Crippen LogP contribution < -0.4 is 10.3 Å². The average molecular weight is 278 g/mol. The van der Waals surface area contributed by atoms with E-state index in [4.69, 9.17) is 0 Å². The molecule has 0 radical (unpaired) electrons. The van der Waals surface area contributed by atoms with Gasteiger partial charge < -0.3 is 4.98 Å². The Kier molecular flexibility index (Phi) is 3.44. The molecule has 0 aliphatic rings. The Hall–Kier alpha value is -2.08. The van der Waals surface area contributed by atoms with Crippen molar-refractivity contribution in [1.29, 1.82) is 0 Å². The molecule has 1 aromatic heterocycles. The van der Waals surface area contributed by atoms with E-state index in [1.54, 1.807) is 25.1 Å². The molecule has 0 saturated heterocycles. The molecule has 0 unspecified atom stereocenters. The van der Waals surface area contributed by atoms with Gasteiger partial charge in [-0.05, 0) is 31.5 Å². The van der Waals surface area contributed by atoms with Crippen LogP contribution in [0.4, 0.5) is 5.69 Å². The fourth-order valence-electron chi connectivity index (χ4n) is 1.79. The van der Waals surface area contributed by atoms with Crippen LogP contribution in [0.5, 0.6) is 0 Å². The first-order chi connectivity index (χ1) is 8.88. The molecule has 5 nitrogen and oxygen atoms in total. The third kappa shape index (κ3) is 3.03. The SMILES string of the molecule is Cc1ccc(S(=O)(=O)Nc2ccc(=O)[nH]c2)c(C)c1. The van der Waals surface area contributed by atoms with Crippen molar-refractivity contribution in [3.8, 4) is 0 Å². The van der Waals surface area contributed by atoms with Gasteiger partial charge in [-0.2, -0.15) is 0 Å². The normalized spacial score (nSPS) is 11.3. The lowest BCUT2D eigenvalue weighted by Crippen LogP contribution is -2.15. The second-order valence-corrected chi connectivity index (χ2v) is 5.97. The van der Waals surface area contributed by atoms with Crippen molar-refractivity contribution in [1.82, 2.24) is 4.98 Å². The zero-order valence-corrected chi connectivity index (χ0v) is 11.4. The van der Waals surface area contributed by atoms with Crippen molar-refractivity contribution in [3.63, 3.8) is 0 Å². The molecular weight excluding hydrogens is 264 g/mol. The number of hydrogen-bond acceptors (Lipinski definition) is 3. The molecule has 0 aliphatic heterocycles. The highest BCUT2D eigenvalue weighted by atomic mass is 32.2. The van der Waals surface area contributed by atoms with Crippen LogP contribution in [0, 0.1) is 13.8 Å². The third-order valence-corrected chi connectivity index (χ3v) is 4.20. The summed E-state index contributed by atoms with van der Waals surface area (Å²) in [5.74, 6) is 0. The predicted octanol–water partition coefficient (Wildman–Crippen LogP) is 1.79. The highest BCUT2D eigenvalue weighted by Gasteiger charge is 2.16. The molecule has 6 heteroatoms. The van der Waals surface area contributed by atoms with E-state index in [0.29, 0.717) is 11.3 Å². The quantitative estimate of drug-likeness (QED) is 0.898. The molecule has 0 atom stereocenters. The summed E-state index contributed by atoms with van der Waals surface area (Å²) < 4.78 is 26.9. The number of aryl methyl sites for hydroxylation is 2. The van der Waals surface area contributed by atoms with Gasteiger partial charge in [0, 0.05) is 12.3 Å². The summed E-state index contributed by atoms with van der Waals surface area (Å²) in [6, 6.07) is 7.80. The zero-order chi connectivity index (χ0) is 14.0. The van der Waals surface area contributed by atoms with Gasteiger partial charge in [-0.15, -0.1) is 0 Å². The van der Waals surface area contributed by atoms with Gasteiger partial charge in [0.05, 0.1) is 10.6 Å². The van der Waals surface area contributed by atoms with Crippen molar-refractivity contribution >= 4 is 15.7 Å². The van der Waals surface area contributed by atoms with Crippen LogP contribution in [0.2, 0.25) is 0 Å². The Labute approximate surface area is 111 Å². The fourth-order valence-corrected chi connectivity index (χ4v) is 3.06. The largest absolute Gasteiger partial charge is 0.327 e. The maximum absolute atomic E-state index is 12.2. The van der Waals surface area contributed by atoms with E-state index in [1.807, 2.05) is 6.92 Å². The molecule has 0 saturated carbocycles. The van der Waals surface area contributed by atoms with E-state index >= 15 is 0 Å². The Balaban J connectivity index is 2.37. The van der Waals surface area contributed by atoms with Crippen LogP contribution in [0.3, 0.4) is 0 Å². The van der Waals surface area contributed by atoms with E-state index in [2.05, 4.69) is 9.71 Å². The van der Waals surface area contributed by atoms with Gasteiger partial charge in [-0.25, -0.2) is 8.42 Å². The lowest BCUT2D eigenvalue weighted by atomic mass is 10.2. The number of benzene rings is 1. The summed E-state index contributed by atoms with van der Waals surface area (Å²) in [7, 11) is -3.65. The lowest BCUT2D eigenvalue weighted by Gasteiger charge is -2.10. The molecule has 0 amide bonds. The minimum absolute atomic E-state index is 0.226. The van der Waals surface area contributed by atoms with Gasteiger partial charge >= 0.3 is 0 Å². The molecule has 1 aromatic carbocycles. The Morgan fingerprint density at radius 1 is 1.11 bits per heavy atom. The lowest BCUT2D eigenvalue weighted by molar-refractivity contribution is 0.600. The van der Waals surface area contributed by atoms with E-state index < -0.39 is 10.0 Å².